The molecule has 5 N–H and O–H groups in total. The highest BCUT2D eigenvalue weighted by molar-refractivity contribution is 5.85. The standard InChI is InChI=1S/C7H11N3.2ClH/c1-10-7-3-2-5(8)4-6(7)9;;/h2-4,10H,8-9H2,1H3;2*1H. The van der Waals surface area contributed by atoms with Crippen LogP contribution >= 0.6 is 24.8 Å². The molecular weight excluding hydrogens is 197 g/mol. The van der Waals surface area contributed by atoms with E-state index < -0.39 is 0 Å². The van der Waals surface area contributed by atoms with Gasteiger partial charge in [0.15, 0.2) is 0 Å². The Labute approximate surface area is 84.3 Å². The van der Waals surface area contributed by atoms with Gasteiger partial charge in [-0.2, -0.15) is 0 Å². The predicted octanol–water partition coefficient (Wildman–Crippen LogP) is 1.74. The molecular formula is C7H13Cl2N3. The summed E-state index contributed by atoms with van der Waals surface area (Å²) in [6.07, 6.45) is 0. The third kappa shape index (κ3) is 3.07. The van der Waals surface area contributed by atoms with Gasteiger partial charge in [0, 0.05) is 12.7 Å². The fourth-order valence-corrected chi connectivity index (χ4v) is 0.809. The highest BCUT2D eigenvalue weighted by Gasteiger charge is 1.93. The van der Waals surface area contributed by atoms with Crippen LogP contribution in [0.2, 0.25) is 0 Å². The molecule has 0 aliphatic heterocycles. The molecule has 0 aromatic heterocycles. The first kappa shape index (κ1) is 13.8. The van der Waals surface area contributed by atoms with E-state index in [1.54, 1.807) is 6.07 Å². The fourth-order valence-electron chi connectivity index (χ4n) is 0.809. The Hall–Kier alpha value is -0.800. The lowest BCUT2D eigenvalue weighted by Crippen LogP contribution is -1.96. The average molecular weight is 210 g/mol. The molecule has 5 heteroatoms. The van der Waals surface area contributed by atoms with Crippen molar-refractivity contribution in [3.05, 3.63) is 18.2 Å². The van der Waals surface area contributed by atoms with Crippen LogP contribution in [0.15, 0.2) is 18.2 Å². The molecule has 0 atom stereocenters. The number of rotatable bonds is 1. The molecule has 0 aliphatic rings. The number of halogens is 2. The van der Waals surface area contributed by atoms with E-state index >= 15 is 0 Å². The molecule has 0 unspecified atom stereocenters. The smallest absolute Gasteiger partial charge is 0.0572 e. The van der Waals surface area contributed by atoms with E-state index in [0.29, 0.717) is 11.4 Å². The minimum Gasteiger partial charge on any atom is -0.399 e. The van der Waals surface area contributed by atoms with Crippen molar-refractivity contribution >= 4 is 41.9 Å². The molecule has 0 fully saturated rings. The average Bonchev–Trinajstić information content (AvgIpc) is 1.88. The van der Waals surface area contributed by atoms with Crippen LogP contribution < -0.4 is 16.8 Å². The van der Waals surface area contributed by atoms with Crippen LogP contribution in [0.1, 0.15) is 0 Å². The lowest BCUT2D eigenvalue weighted by Gasteiger charge is -2.03. The van der Waals surface area contributed by atoms with Gasteiger partial charge in [-0.1, -0.05) is 0 Å². The molecule has 12 heavy (non-hydrogen) atoms. The summed E-state index contributed by atoms with van der Waals surface area (Å²) in [6.45, 7) is 0. The van der Waals surface area contributed by atoms with E-state index in [9.17, 15) is 0 Å². The maximum atomic E-state index is 5.59. The van der Waals surface area contributed by atoms with Gasteiger partial charge in [0.25, 0.3) is 0 Å². The summed E-state index contributed by atoms with van der Waals surface area (Å²) in [5.74, 6) is 0. The topological polar surface area (TPSA) is 64.1 Å². The van der Waals surface area contributed by atoms with Crippen LogP contribution in [0.5, 0.6) is 0 Å². The fraction of sp³-hybridized carbons (Fsp3) is 0.143. The third-order valence-electron chi connectivity index (χ3n) is 1.34. The number of hydrogen-bond acceptors (Lipinski definition) is 3. The van der Waals surface area contributed by atoms with Crippen LogP contribution in [-0.2, 0) is 0 Å². The second-order valence-electron chi connectivity index (χ2n) is 2.10. The molecule has 0 bridgehead atoms. The highest BCUT2D eigenvalue weighted by atomic mass is 35.5. The Morgan fingerprint density at radius 3 is 2.17 bits per heavy atom. The van der Waals surface area contributed by atoms with E-state index in [1.165, 1.54) is 0 Å². The van der Waals surface area contributed by atoms with Gasteiger partial charge in [-0.3, -0.25) is 0 Å². The number of anilines is 3. The molecule has 0 saturated carbocycles. The zero-order chi connectivity index (χ0) is 7.56. The van der Waals surface area contributed by atoms with E-state index in [4.69, 9.17) is 11.5 Å². The molecule has 0 heterocycles. The minimum absolute atomic E-state index is 0. The third-order valence-corrected chi connectivity index (χ3v) is 1.34. The Kier molecular flexibility index (Phi) is 6.65. The zero-order valence-corrected chi connectivity index (χ0v) is 8.34. The summed E-state index contributed by atoms with van der Waals surface area (Å²) < 4.78 is 0. The van der Waals surface area contributed by atoms with Gasteiger partial charge in [0.2, 0.25) is 0 Å². The monoisotopic (exact) mass is 209 g/mol. The lowest BCUT2D eigenvalue weighted by atomic mass is 10.2. The molecule has 70 valence electrons. The van der Waals surface area contributed by atoms with Gasteiger partial charge in [-0.15, -0.1) is 24.8 Å². The number of nitrogens with one attached hydrogen (secondary N) is 1. The number of hydrogen-bond donors (Lipinski definition) is 3. The van der Waals surface area contributed by atoms with E-state index in [-0.39, 0.29) is 24.8 Å². The first-order valence-electron chi connectivity index (χ1n) is 3.07. The first-order chi connectivity index (χ1) is 4.74. The largest absolute Gasteiger partial charge is 0.399 e. The zero-order valence-electron chi connectivity index (χ0n) is 6.70. The minimum atomic E-state index is 0. The molecule has 0 saturated heterocycles. The van der Waals surface area contributed by atoms with Gasteiger partial charge in [-0.25, -0.2) is 0 Å². The normalized spacial score (nSPS) is 7.75. The van der Waals surface area contributed by atoms with Gasteiger partial charge >= 0.3 is 0 Å². The van der Waals surface area contributed by atoms with Crippen molar-refractivity contribution in [2.75, 3.05) is 23.8 Å². The van der Waals surface area contributed by atoms with Crippen molar-refractivity contribution in [3.8, 4) is 0 Å². The van der Waals surface area contributed by atoms with Gasteiger partial charge < -0.3 is 16.8 Å². The second kappa shape index (κ2) is 5.80. The second-order valence-corrected chi connectivity index (χ2v) is 2.10. The van der Waals surface area contributed by atoms with Crippen molar-refractivity contribution in [3.63, 3.8) is 0 Å². The van der Waals surface area contributed by atoms with Crippen LogP contribution in [0.4, 0.5) is 17.1 Å². The number of benzene rings is 1. The summed E-state index contributed by atoms with van der Waals surface area (Å²) >= 11 is 0. The predicted molar refractivity (Wildman–Crippen MR) is 59.3 cm³/mol. The molecule has 0 radical (unpaired) electrons. The first-order valence-corrected chi connectivity index (χ1v) is 3.07. The summed E-state index contributed by atoms with van der Waals surface area (Å²) in [5, 5.41) is 2.94. The summed E-state index contributed by atoms with van der Waals surface area (Å²) in [4.78, 5) is 0. The molecule has 0 aliphatic carbocycles. The van der Waals surface area contributed by atoms with E-state index in [2.05, 4.69) is 5.32 Å². The van der Waals surface area contributed by atoms with Crippen molar-refractivity contribution < 1.29 is 0 Å². The van der Waals surface area contributed by atoms with E-state index in [1.807, 2.05) is 19.2 Å². The summed E-state index contributed by atoms with van der Waals surface area (Å²) in [7, 11) is 1.82. The summed E-state index contributed by atoms with van der Waals surface area (Å²) in [5.41, 5.74) is 13.3. The van der Waals surface area contributed by atoms with E-state index in [0.717, 1.165) is 5.69 Å². The maximum absolute atomic E-state index is 5.59. The Morgan fingerprint density at radius 2 is 1.75 bits per heavy atom. The van der Waals surface area contributed by atoms with Gasteiger partial charge in [-0.05, 0) is 18.2 Å². The van der Waals surface area contributed by atoms with Crippen LogP contribution in [0, 0.1) is 0 Å². The van der Waals surface area contributed by atoms with Gasteiger partial charge in [0.1, 0.15) is 0 Å². The van der Waals surface area contributed by atoms with Crippen LogP contribution in [-0.4, -0.2) is 7.05 Å². The quantitative estimate of drug-likeness (QED) is 0.618. The molecule has 1 aromatic rings. The molecule has 0 spiro atoms. The molecule has 1 aromatic carbocycles. The highest BCUT2D eigenvalue weighted by Crippen LogP contribution is 2.19. The number of nitrogens with two attached hydrogens (primary N) is 2. The lowest BCUT2D eigenvalue weighted by molar-refractivity contribution is 1.51. The van der Waals surface area contributed by atoms with Crippen LogP contribution in [0.25, 0.3) is 0 Å². The molecule has 1 rings (SSSR count). The van der Waals surface area contributed by atoms with Crippen molar-refractivity contribution in [2.45, 2.75) is 0 Å². The molecule has 3 nitrogen and oxygen atoms in total. The molecule has 0 amide bonds. The number of nitrogen functional groups attached to an aromatic ring is 2. The Bertz CT molecular complexity index is 240. The van der Waals surface area contributed by atoms with Crippen molar-refractivity contribution in [1.29, 1.82) is 0 Å². The summed E-state index contributed by atoms with van der Waals surface area (Å²) in [6, 6.07) is 5.39. The van der Waals surface area contributed by atoms with Crippen molar-refractivity contribution in [2.24, 2.45) is 0 Å². The maximum Gasteiger partial charge on any atom is 0.0572 e. The van der Waals surface area contributed by atoms with Crippen LogP contribution in [0.3, 0.4) is 0 Å². The van der Waals surface area contributed by atoms with Crippen molar-refractivity contribution in [1.82, 2.24) is 0 Å². The Morgan fingerprint density at radius 1 is 1.17 bits per heavy atom. The Balaban J connectivity index is 0. The van der Waals surface area contributed by atoms with Gasteiger partial charge in [0.05, 0.1) is 11.4 Å². The SMILES string of the molecule is CNc1ccc(N)cc1N.Cl.Cl.